The Labute approximate surface area is 156 Å². The lowest BCUT2D eigenvalue weighted by Gasteiger charge is -2.05. The highest BCUT2D eigenvalue weighted by molar-refractivity contribution is 6.01. The number of nitro groups is 1. The first-order valence-corrected chi connectivity index (χ1v) is 8.29. The van der Waals surface area contributed by atoms with E-state index < -0.39 is 4.92 Å². The van der Waals surface area contributed by atoms with E-state index in [1.165, 1.54) is 12.1 Å². The van der Waals surface area contributed by atoms with Crippen LogP contribution in [-0.2, 0) is 0 Å². The first kappa shape index (κ1) is 18.0. The number of benzene rings is 3. The number of carbonyl (C=O) groups is 1. The number of nitro benzene ring substituents is 1. The van der Waals surface area contributed by atoms with E-state index in [1.807, 2.05) is 42.5 Å². The van der Waals surface area contributed by atoms with Crippen molar-refractivity contribution < 1.29 is 9.72 Å². The van der Waals surface area contributed by atoms with Gasteiger partial charge in [0.05, 0.1) is 10.6 Å². The van der Waals surface area contributed by atoms with Gasteiger partial charge in [-0.25, -0.2) is 5.43 Å². The molecule has 134 valence electrons. The number of non-ortho nitro benzene ring substituents is 1. The van der Waals surface area contributed by atoms with Crippen LogP contribution in [0.2, 0.25) is 0 Å². The molecule has 1 amide bonds. The lowest BCUT2D eigenvalue weighted by Crippen LogP contribution is -2.19. The summed E-state index contributed by atoms with van der Waals surface area (Å²) >= 11 is 0. The number of carbonyl (C=O) groups excluding carboxylic acids is 1. The van der Waals surface area contributed by atoms with Crippen LogP contribution in [0.3, 0.4) is 0 Å². The van der Waals surface area contributed by atoms with Gasteiger partial charge in [-0.1, -0.05) is 54.6 Å². The number of hydrogen-bond donors (Lipinski definition) is 1. The second kappa shape index (κ2) is 8.05. The second-order valence-corrected chi connectivity index (χ2v) is 5.89. The summed E-state index contributed by atoms with van der Waals surface area (Å²) in [5.74, 6) is -0.348. The van der Waals surface area contributed by atoms with Crippen LogP contribution in [0.1, 0.15) is 22.8 Å². The summed E-state index contributed by atoms with van der Waals surface area (Å²) in [6, 6.07) is 23.2. The minimum atomic E-state index is -0.469. The van der Waals surface area contributed by atoms with Crippen molar-refractivity contribution in [3.8, 4) is 11.1 Å². The van der Waals surface area contributed by atoms with E-state index in [2.05, 4.69) is 10.5 Å². The standard InChI is InChI=1S/C21H17N3O3/c1-15(19-8-5-9-20(14-19)24(26)27)22-23-21(25)18-12-10-17(11-13-18)16-6-3-2-4-7-16/h2-14H,1H3,(H,23,25). The third kappa shape index (κ3) is 4.43. The zero-order valence-electron chi connectivity index (χ0n) is 14.6. The van der Waals surface area contributed by atoms with E-state index in [-0.39, 0.29) is 11.6 Å². The Morgan fingerprint density at radius 1 is 0.889 bits per heavy atom. The fourth-order valence-electron chi connectivity index (χ4n) is 2.55. The molecule has 1 N–H and O–H groups in total. The number of nitrogens with one attached hydrogen (secondary N) is 1. The minimum absolute atomic E-state index is 0.0233. The average molecular weight is 359 g/mol. The van der Waals surface area contributed by atoms with Crippen molar-refractivity contribution in [3.05, 3.63) is 100 Å². The highest BCUT2D eigenvalue weighted by Gasteiger charge is 2.09. The molecule has 0 saturated heterocycles. The monoisotopic (exact) mass is 359 g/mol. The van der Waals surface area contributed by atoms with E-state index in [0.29, 0.717) is 16.8 Å². The number of amides is 1. The zero-order valence-corrected chi connectivity index (χ0v) is 14.6. The molecule has 27 heavy (non-hydrogen) atoms. The van der Waals surface area contributed by atoms with E-state index >= 15 is 0 Å². The van der Waals surface area contributed by atoms with Crippen molar-refractivity contribution >= 4 is 17.3 Å². The van der Waals surface area contributed by atoms with Gasteiger partial charge < -0.3 is 0 Å². The van der Waals surface area contributed by atoms with E-state index in [0.717, 1.165) is 11.1 Å². The Balaban J connectivity index is 1.71. The summed E-state index contributed by atoms with van der Waals surface area (Å²) in [5.41, 5.74) is 6.08. The maximum Gasteiger partial charge on any atom is 0.271 e. The summed E-state index contributed by atoms with van der Waals surface area (Å²) in [7, 11) is 0. The minimum Gasteiger partial charge on any atom is -0.267 e. The van der Waals surface area contributed by atoms with E-state index in [4.69, 9.17) is 0 Å². The molecule has 6 heteroatoms. The maximum atomic E-state index is 12.3. The molecule has 0 aliphatic carbocycles. The molecule has 0 unspecified atom stereocenters. The molecule has 3 rings (SSSR count). The Morgan fingerprint density at radius 3 is 2.22 bits per heavy atom. The van der Waals surface area contributed by atoms with Crippen molar-refractivity contribution in [3.63, 3.8) is 0 Å². The topological polar surface area (TPSA) is 84.6 Å². The van der Waals surface area contributed by atoms with Gasteiger partial charge in [-0.3, -0.25) is 14.9 Å². The van der Waals surface area contributed by atoms with Gasteiger partial charge in [0.15, 0.2) is 0 Å². The van der Waals surface area contributed by atoms with Crippen LogP contribution in [-0.4, -0.2) is 16.5 Å². The molecule has 3 aromatic carbocycles. The maximum absolute atomic E-state index is 12.3. The molecule has 0 bridgehead atoms. The molecule has 0 aliphatic rings. The lowest BCUT2D eigenvalue weighted by atomic mass is 10.0. The third-order valence-electron chi connectivity index (χ3n) is 4.05. The highest BCUT2D eigenvalue weighted by atomic mass is 16.6. The van der Waals surface area contributed by atoms with Crippen LogP contribution in [0, 0.1) is 10.1 Å². The summed E-state index contributed by atoms with van der Waals surface area (Å²) < 4.78 is 0. The Kier molecular flexibility index (Phi) is 5.37. The second-order valence-electron chi connectivity index (χ2n) is 5.89. The summed E-state index contributed by atoms with van der Waals surface area (Å²) in [6.07, 6.45) is 0. The molecule has 0 aromatic heterocycles. The van der Waals surface area contributed by atoms with Gasteiger partial charge in [-0.05, 0) is 30.2 Å². The number of hydrazone groups is 1. The van der Waals surface area contributed by atoms with Gasteiger partial charge in [-0.15, -0.1) is 0 Å². The van der Waals surface area contributed by atoms with E-state index in [9.17, 15) is 14.9 Å². The molecule has 0 saturated carbocycles. The molecule has 3 aromatic rings. The number of hydrogen-bond acceptors (Lipinski definition) is 4. The average Bonchev–Trinajstić information content (AvgIpc) is 2.72. The van der Waals surface area contributed by atoms with Gasteiger partial charge in [0.1, 0.15) is 0 Å². The lowest BCUT2D eigenvalue weighted by molar-refractivity contribution is -0.384. The quantitative estimate of drug-likeness (QED) is 0.416. The molecule has 6 nitrogen and oxygen atoms in total. The van der Waals surface area contributed by atoms with Crippen LogP contribution in [0.5, 0.6) is 0 Å². The van der Waals surface area contributed by atoms with Crippen LogP contribution in [0.4, 0.5) is 5.69 Å². The Hall–Kier alpha value is -3.80. The summed E-state index contributed by atoms with van der Waals surface area (Å²) in [6.45, 7) is 1.68. The summed E-state index contributed by atoms with van der Waals surface area (Å²) in [5, 5.41) is 14.9. The first-order valence-electron chi connectivity index (χ1n) is 8.29. The molecule has 0 atom stereocenters. The van der Waals surface area contributed by atoms with Gasteiger partial charge in [0.2, 0.25) is 0 Å². The first-order chi connectivity index (χ1) is 13.0. The van der Waals surface area contributed by atoms with Gasteiger partial charge >= 0.3 is 0 Å². The van der Waals surface area contributed by atoms with Crippen molar-refractivity contribution in [1.82, 2.24) is 5.43 Å². The number of rotatable bonds is 5. The highest BCUT2D eigenvalue weighted by Crippen LogP contribution is 2.19. The molecular weight excluding hydrogens is 342 g/mol. The van der Waals surface area contributed by atoms with Crippen LogP contribution < -0.4 is 5.43 Å². The molecule has 0 fully saturated rings. The predicted molar refractivity (Wildman–Crippen MR) is 105 cm³/mol. The fourth-order valence-corrected chi connectivity index (χ4v) is 2.55. The third-order valence-corrected chi connectivity index (χ3v) is 4.05. The van der Waals surface area contributed by atoms with Crippen molar-refractivity contribution in [2.24, 2.45) is 5.10 Å². The zero-order chi connectivity index (χ0) is 19.2. The molecule has 0 aliphatic heterocycles. The number of nitrogens with zero attached hydrogens (tertiary/aromatic N) is 2. The van der Waals surface area contributed by atoms with Crippen molar-refractivity contribution in [2.45, 2.75) is 6.92 Å². The van der Waals surface area contributed by atoms with Gasteiger partial charge in [0.25, 0.3) is 11.6 Å². The molecule has 0 radical (unpaired) electrons. The van der Waals surface area contributed by atoms with Gasteiger partial charge in [-0.2, -0.15) is 5.10 Å². The largest absolute Gasteiger partial charge is 0.271 e. The van der Waals surface area contributed by atoms with E-state index in [1.54, 1.807) is 31.2 Å². The molecular formula is C21H17N3O3. The molecule has 0 heterocycles. The van der Waals surface area contributed by atoms with Crippen molar-refractivity contribution in [2.75, 3.05) is 0 Å². The Bertz CT molecular complexity index is 997. The molecule has 0 spiro atoms. The fraction of sp³-hybridized carbons (Fsp3) is 0.0476. The Morgan fingerprint density at radius 2 is 1.56 bits per heavy atom. The van der Waals surface area contributed by atoms with Crippen molar-refractivity contribution in [1.29, 1.82) is 0 Å². The van der Waals surface area contributed by atoms with Gasteiger partial charge in [0, 0.05) is 23.3 Å². The SMILES string of the molecule is CC(=NNC(=O)c1ccc(-c2ccccc2)cc1)c1cccc([N+](=O)[O-])c1. The normalized spacial score (nSPS) is 11.1. The van der Waals surface area contributed by atoms with Crippen LogP contribution in [0.15, 0.2) is 84.0 Å². The van der Waals surface area contributed by atoms with Crippen LogP contribution in [0.25, 0.3) is 11.1 Å². The smallest absolute Gasteiger partial charge is 0.267 e. The predicted octanol–water partition coefficient (Wildman–Crippen LogP) is 4.42. The van der Waals surface area contributed by atoms with Crippen LogP contribution >= 0.6 is 0 Å². The summed E-state index contributed by atoms with van der Waals surface area (Å²) in [4.78, 5) is 22.7.